The first-order valence-corrected chi connectivity index (χ1v) is 6.95. The fourth-order valence-corrected chi connectivity index (χ4v) is 2.11. The van der Waals surface area contributed by atoms with E-state index in [1.54, 1.807) is 0 Å². The Balaban J connectivity index is 2.38. The molecule has 1 aromatic carbocycles. The maximum Gasteiger partial charge on any atom is 0.0236 e. The Kier molecular flexibility index (Phi) is 6.37. The number of hydrogen-bond donors (Lipinski definition) is 1. The highest BCUT2D eigenvalue weighted by atomic mass is 15.1. The number of hydrogen-bond acceptors (Lipinski definition) is 2. The fourth-order valence-electron chi connectivity index (χ4n) is 2.11. The third-order valence-electron chi connectivity index (χ3n) is 3.30. The molecule has 0 fully saturated rings. The summed E-state index contributed by atoms with van der Waals surface area (Å²) in [5.41, 5.74) is 4.28. The molecule has 0 aliphatic heterocycles. The Morgan fingerprint density at radius 3 is 2.33 bits per heavy atom. The van der Waals surface area contributed by atoms with Crippen molar-refractivity contribution in [3.8, 4) is 0 Å². The normalized spacial score (nSPS) is 11.5. The van der Waals surface area contributed by atoms with Crippen molar-refractivity contribution in [2.45, 2.75) is 34.2 Å². The molecular formula is C16H28N2. The van der Waals surface area contributed by atoms with Crippen molar-refractivity contribution in [3.05, 3.63) is 34.9 Å². The van der Waals surface area contributed by atoms with E-state index in [0.717, 1.165) is 32.1 Å². The minimum atomic E-state index is 0.730. The van der Waals surface area contributed by atoms with Crippen LogP contribution in [0.25, 0.3) is 0 Å². The first-order chi connectivity index (χ1) is 8.50. The van der Waals surface area contributed by atoms with Crippen molar-refractivity contribution in [2.75, 3.05) is 26.7 Å². The number of benzene rings is 1. The average Bonchev–Trinajstić information content (AvgIpc) is 2.29. The lowest BCUT2D eigenvalue weighted by molar-refractivity contribution is 0.320. The van der Waals surface area contributed by atoms with E-state index in [1.807, 2.05) is 0 Å². The fraction of sp³-hybridized carbons (Fsp3) is 0.625. The van der Waals surface area contributed by atoms with Crippen LogP contribution in [-0.2, 0) is 6.54 Å². The molecule has 0 aliphatic rings. The SMILES string of the molecule is Cc1cccc(C)c1CN(C)CCNCC(C)C. The molecule has 0 heterocycles. The van der Waals surface area contributed by atoms with Crippen LogP contribution in [0.3, 0.4) is 0 Å². The highest BCUT2D eigenvalue weighted by molar-refractivity contribution is 5.33. The molecule has 0 aliphatic carbocycles. The van der Waals surface area contributed by atoms with Gasteiger partial charge in [0, 0.05) is 19.6 Å². The zero-order valence-electron chi connectivity index (χ0n) is 12.6. The van der Waals surface area contributed by atoms with E-state index in [1.165, 1.54) is 16.7 Å². The van der Waals surface area contributed by atoms with Crippen LogP contribution in [-0.4, -0.2) is 31.6 Å². The lowest BCUT2D eigenvalue weighted by Crippen LogP contribution is -2.31. The van der Waals surface area contributed by atoms with Gasteiger partial charge in [0.15, 0.2) is 0 Å². The van der Waals surface area contributed by atoms with E-state index in [2.05, 4.69) is 63.2 Å². The predicted molar refractivity (Wildman–Crippen MR) is 80.0 cm³/mol. The molecule has 0 spiro atoms. The van der Waals surface area contributed by atoms with Gasteiger partial charge in [-0.15, -0.1) is 0 Å². The summed E-state index contributed by atoms with van der Waals surface area (Å²) in [6.45, 7) is 13.2. The Morgan fingerprint density at radius 2 is 1.78 bits per heavy atom. The van der Waals surface area contributed by atoms with Crippen molar-refractivity contribution in [1.82, 2.24) is 10.2 Å². The molecule has 1 N–H and O–H groups in total. The molecule has 0 atom stereocenters. The van der Waals surface area contributed by atoms with Crippen molar-refractivity contribution in [2.24, 2.45) is 5.92 Å². The van der Waals surface area contributed by atoms with E-state index >= 15 is 0 Å². The molecule has 1 aromatic rings. The standard InChI is InChI=1S/C16H28N2/c1-13(2)11-17-9-10-18(5)12-16-14(3)7-6-8-15(16)4/h6-8,13,17H,9-12H2,1-5H3. The first kappa shape index (κ1) is 15.2. The second-order valence-electron chi connectivity index (χ2n) is 5.71. The summed E-state index contributed by atoms with van der Waals surface area (Å²) in [4.78, 5) is 2.39. The molecule has 0 unspecified atom stereocenters. The summed E-state index contributed by atoms with van der Waals surface area (Å²) in [7, 11) is 2.20. The zero-order chi connectivity index (χ0) is 13.5. The van der Waals surface area contributed by atoms with Gasteiger partial charge in [-0.05, 0) is 50.0 Å². The molecule has 2 heteroatoms. The van der Waals surface area contributed by atoms with E-state index in [0.29, 0.717) is 0 Å². The van der Waals surface area contributed by atoms with Gasteiger partial charge in [0.2, 0.25) is 0 Å². The molecular weight excluding hydrogens is 220 g/mol. The molecule has 18 heavy (non-hydrogen) atoms. The van der Waals surface area contributed by atoms with Crippen LogP contribution in [0.4, 0.5) is 0 Å². The highest BCUT2D eigenvalue weighted by Gasteiger charge is 2.05. The molecule has 0 aromatic heterocycles. The second kappa shape index (κ2) is 7.55. The van der Waals surface area contributed by atoms with Gasteiger partial charge in [0.05, 0.1) is 0 Å². The van der Waals surface area contributed by atoms with Gasteiger partial charge in [0.25, 0.3) is 0 Å². The number of nitrogens with one attached hydrogen (secondary N) is 1. The first-order valence-electron chi connectivity index (χ1n) is 6.95. The summed E-state index contributed by atoms with van der Waals surface area (Å²) < 4.78 is 0. The minimum absolute atomic E-state index is 0.730. The topological polar surface area (TPSA) is 15.3 Å². The zero-order valence-corrected chi connectivity index (χ0v) is 12.6. The summed E-state index contributed by atoms with van der Waals surface area (Å²) in [6.07, 6.45) is 0. The van der Waals surface area contributed by atoms with Gasteiger partial charge in [-0.25, -0.2) is 0 Å². The molecule has 0 saturated carbocycles. The van der Waals surface area contributed by atoms with Crippen LogP contribution < -0.4 is 5.32 Å². The Morgan fingerprint density at radius 1 is 1.17 bits per heavy atom. The lowest BCUT2D eigenvalue weighted by atomic mass is 10.0. The molecule has 102 valence electrons. The molecule has 0 radical (unpaired) electrons. The average molecular weight is 248 g/mol. The van der Waals surface area contributed by atoms with Crippen LogP contribution in [0.5, 0.6) is 0 Å². The van der Waals surface area contributed by atoms with Gasteiger partial charge in [0.1, 0.15) is 0 Å². The van der Waals surface area contributed by atoms with E-state index in [-0.39, 0.29) is 0 Å². The van der Waals surface area contributed by atoms with Crippen LogP contribution in [0, 0.1) is 19.8 Å². The molecule has 2 nitrogen and oxygen atoms in total. The van der Waals surface area contributed by atoms with E-state index in [4.69, 9.17) is 0 Å². The van der Waals surface area contributed by atoms with Crippen molar-refractivity contribution < 1.29 is 0 Å². The van der Waals surface area contributed by atoms with Crippen LogP contribution in [0.2, 0.25) is 0 Å². The second-order valence-corrected chi connectivity index (χ2v) is 5.71. The maximum absolute atomic E-state index is 3.49. The maximum atomic E-state index is 3.49. The monoisotopic (exact) mass is 248 g/mol. The summed E-state index contributed by atoms with van der Waals surface area (Å²) in [5, 5.41) is 3.49. The van der Waals surface area contributed by atoms with Crippen molar-refractivity contribution in [1.29, 1.82) is 0 Å². The Labute approximate surface area is 112 Å². The third-order valence-corrected chi connectivity index (χ3v) is 3.30. The Bertz CT molecular complexity index is 338. The van der Waals surface area contributed by atoms with E-state index in [9.17, 15) is 0 Å². The van der Waals surface area contributed by atoms with Gasteiger partial charge < -0.3 is 10.2 Å². The largest absolute Gasteiger partial charge is 0.315 e. The summed E-state index contributed by atoms with van der Waals surface area (Å²) >= 11 is 0. The van der Waals surface area contributed by atoms with Crippen LogP contribution in [0.15, 0.2) is 18.2 Å². The van der Waals surface area contributed by atoms with Gasteiger partial charge in [-0.2, -0.15) is 0 Å². The van der Waals surface area contributed by atoms with Crippen molar-refractivity contribution in [3.63, 3.8) is 0 Å². The number of aryl methyl sites for hydroxylation is 2. The third kappa shape index (κ3) is 5.19. The number of nitrogens with zero attached hydrogens (tertiary/aromatic N) is 1. The van der Waals surface area contributed by atoms with Crippen LogP contribution >= 0.6 is 0 Å². The quantitative estimate of drug-likeness (QED) is 0.746. The molecule has 0 bridgehead atoms. The smallest absolute Gasteiger partial charge is 0.0236 e. The Hall–Kier alpha value is -0.860. The molecule has 0 saturated heterocycles. The lowest BCUT2D eigenvalue weighted by Gasteiger charge is -2.20. The predicted octanol–water partition coefficient (Wildman–Crippen LogP) is 2.98. The highest BCUT2D eigenvalue weighted by Crippen LogP contribution is 2.14. The number of likely N-dealkylation sites (N-methyl/N-ethyl adjacent to an activating group) is 1. The molecule has 1 rings (SSSR count). The number of rotatable bonds is 7. The van der Waals surface area contributed by atoms with Gasteiger partial charge >= 0.3 is 0 Å². The summed E-state index contributed by atoms with van der Waals surface area (Å²) in [6, 6.07) is 6.54. The molecule has 0 amide bonds. The van der Waals surface area contributed by atoms with Crippen molar-refractivity contribution >= 4 is 0 Å². The minimum Gasteiger partial charge on any atom is -0.315 e. The van der Waals surface area contributed by atoms with Crippen LogP contribution in [0.1, 0.15) is 30.5 Å². The van der Waals surface area contributed by atoms with E-state index < -0.39 is 0 Å². The summed E-state index contributed by atoms with van der Waals surface area (Å²) in [5.74, 6) is 0.730. The van der Waals surface area contributed by atoms with Gasteiger partial charge in [-0.1, -0.05) is 32.0 Å². The van der Waals surface area contributed by atoms with Gasteiger partial charge in [-0.3, -0.25) is 0 Å².